The van der Waals surface area contributed by atoms with Crippen molar-refractivity contribution in [3.8, 4) is 0 Å². The van der Waals surface area contributed by atoms with E-state index in [1.165, 1.54) is 12.1 Å². The molecule has 2 rings (SSSR count). The molecule has 2 N–H and O–H groups in total. The van der Waals surface area contributed by atoms with Gasteiger partial charge in [0.25, 0.3) is 10.1 Å². The van der Waals surface area contributed by atoms with Crippen LogP contribution in [-0.4, -0.2) is 35.8 Å². The Bertz CT molecular complexity index is 833. The van der Waals surface area contributed by atoms with Crippen LogP contribution in [0.2, 0.25) is 0 Å². The first-order chi connectivity index (χ1) is 12.6. The van der Waals surface area contributed by atoms with Crippen molar-refractivity contribution in [2.24, 2.45) is 5.16 Å². The highest BCUT2D eigenvalue weighted by Crippen LogP contribution is 2.23. The Kier molecular flexibility index (Phi) is 8.45. The Morgan fingerprint density at radius 1 is 1.00 bits per heavy atom. The first-order valence-corrected chi connectivity index (χ1v) is 9.55. The lowest BCUT2D eigenvalue weighted by atomic mass is 10.0. The zero-order valence-corrected chi connectivity index (χ0v) is 15.3. The molecule has 148 valence electrons. The van der Waals surface area contributed by atoms with Gasteiger partial charge in [0.2, 0.25) is 0 Å². The molecule has 0 aliphatic carbocycles. The molecule has 9 heteroatoms. The fourth-order valence-corrected chi connectivity index (χ4v) is 2.66. The Balaban J connectivity index is 0.000000445. The molecule has 0 fully saturated rings. The molecule has 27 heavy (non-hydrogen) atoms. The molecule has 0 aromatic heterocycles. The largest absolute Gasteiger partial charge is 0.437 e. The molecule has 0 saturated heterocycles. The number of halogens is 3. The fourth-order valence-electron chi connectivity index (χ4n) is 2.15. The predicted octanol–water partition coefficient (Wildman–Crippen LogP) is 4.30. The van der Waals surface area contributed by atoms with Crippen molar-refractivity contribution in [2.75, 3.05) is 5.75 Å². The maximum absolute atomic E-state index is 12.6. The van der Waals surface area contributed by atoms with Gasteiger partial charge in [-0.25, -0.2) is 0 Å². The van der Waals surface area contributed by atoms with Crippen LogP contribution in [0, 0.1) is 0 Å². The minimum atomic E-state index is -4.67. The van der Waals surface area contributed by atoms with Crippen LogP contribution >= 0.6 is 0 Å². The molecule has 0 radical (unpaired) electrons. The minimum Gasteiger partial charge on any atom is -0.410 e. The normalized spacial score (nSPS) is 12.3. The van der Waals surface area contributed by atoms with E-state index < -0.39 is 22.0 Å². The lowest BCUT2D eigenvalue weighted by Gasteiger charge is -2.09. The summed E-state index contributed by atoms with van der Waals surface area (Å²) < 4.78 is 65.3. The van der Waals surface area contributed by atoms with Gasteiger partial charge in [-0.2, -0.15) is 21.6 Å². The second kappa shape index (κ2) is 10.1. The molecular weight excluding hydrogens is 383 g/mol. The lowest BCUT2D eigenvalue weighted by Crippen LogP contribution is -2.24. The summed E-state index contributed by atoms with van der Waals surface area (Å²) in [6, 6.07) is 15.4. The Morgan fingerprint density at radius 2 is 1.52 bits per heavy atom. The van der Waals surface area contributed by atoms with Gasteiger partial charge < -0.3 is 5.21 Å². The van der Waals surface area contributed by atoms with Gasteiger partial charge in [0, 0.05) is 5.56 Å². The lowest BCUT2D eigenvalue weighted by molar-refractivity contribution is -0.0601. The smallest absolute Gasteiger partial charge is 0.410 e. The van der Waals surface area contributed by atoms with Gasteiger partial charge in [-0.3, -0.25) is 4.55 Å². The maximum atomic E-state index is 12.6. The molecule has 0 amide bonds. The van der Waals surface area contributed by atoms with E-state index in [1.807, 2.05) is 30.3 Å². The Labute approximate surface area is 155 Å². The third-order valence-corrected chi connectivity index (χ3v) is 4.23. The quantitative estimate of drug-likeness (QED) is 0.337. The second-order valence-corrected chi connectivity index (χ2v) is 7.16. The zero-order chi connectivity index (χ0) is 20.5. The predicted molar refractivity (Wildman–Crippen MR) is 96.8 cm³/mol. The summed E-state index contributed by atoms with van der Waals surface area (Å²) in [5, 5.41) is 10.8. The molecule has 0 aliphatic rings. The molecule has 2 aromatic carbocycles. The number of alkyl halides is 3. The molecule has 0 spiro atoms. The van der Waals surface area contributed by atoms with Gasteiger partial charge in [0.15, 0.2) is 5.71 Å². The molecule has 0 unspecified atom stereocenters. The van der Waals surface area contributed by atoms with Crippen molar-refractivity contribution in [3.63, 3.8) is 0 Å². The summed E-state index contributed by atoms with van der Waals surface area (Å²) in [7, 11) is -3.67. The van der Waals surface area contributed by atoms with Crippen LogP contribution in [0.15, 0.2) is 59.8 Å². The summed E-state index contributed by atoms with van der Waals surface area (Å²) in [6.07, 6.45) is -3.56. The van der Waals surface area contributed by atoms with Crippen LogP contribution in [0.25, 0.3) is 0 Å². The van der Waals surface area contributed by atoms with Crippen molar-refractivity contribution in [1.29, 1.82) is 0 Å². The van der Waals surface area contributed by atoms with E-state index in [4.69, 9.17) is 9.76 Å². The van der Waals surface area contributed by atoms with Gasteiger partial charge >= 0.3 is 6.18 Å². The molecule has 0 aliphatic heterocycles. The van der Waals surface area contributed by atoms with Crippen molar-refractivity contribution < 1.29 is 31.3 Å². The minimum absolute atomic E-state index is 0.132. The summed E-state index contributed by atoms with van der Waals surface area (Å²) in [6.45, 7) is 1.69. The van der Waals surface area contributed by atoms with E-state index in [0.29, 0.717) is 12.8 Å². The number of hydrogen-bond acceptors (Lipinski definition) is 4. The zero-order valence-electron chi connectivity index (χ0n) is 14.5. The Morgan fingerprint density at radius 3 is 1.89 bits per heavy atom. The van der Waals surface area contributed by atoms with Crippen LogP contribution in [0.4, 0.5) is 13.2 Å². The highest BCUT2D eigenvalue weighted by atomic mass is 32.2. The second-order valence-electron chi connectivity index (χ2n) is 5.59. The first kappa shape index (κ1) is 22.7. The topological polar surface area (TPSA) is 87.0 Å². The fraction of sp³-hybridized carbons (Fsp3) is 0.278. The number of nitrogens with zero attached hydrogens (tertiary/aromatic N) is 1. The van der Waals surface area contributed by atoms with Crippen LogP contribution in [0.5, 0.6) is 0 Å². The van der Waals surface area contributed by atoms with E-state index in [9.17, 15) is 21.6 Å². The summed E-state index contributed by atoms with van der Waals surface area (Å²) >= 11 is 0. The van der Waals surface area contributed by atoms with E-state index >= 15 is 0 Å². The molecule has 0 bridgehead atoms. The maximum Gasteiger partial charge on any atom is 0.437 e. The van der Waals surface area contributed by atoms with Crippen LogP contribution in [-0.2, 0) is 16.5 Å². The molecule has 2 aromatic rings. The SMILES string of the molecule is CCCS(=O)(=O)O.ON=C(c1ccc(Cc2ccccc2)cc1)C(F)(F)F. The third-order valence-electron chi connectivity index (χ3n) is 3.31. The molecule has 5 nitrogen and oxygen atoms in total. The summed E-state index contributed by atoms with van der Waals surface area (Å²) in [5.41, 5.74) is 0.520. The average molecular weight is 403 g/mol. The number of benzene rings is 2. The van der Waals surface area contributed by atoms with Crippen molar-refractivity contribution in [1.82, 2.24) is 0 Å². The molecular formula is C18H20F3NO4S. The van der Waals surface area contributed by atoms with E-state index in [-0.39, 0.29) is 11.3 Å². The summed E-state index contributed by atoms with van der Waals surface area (Å²) in [5.74, 6) is -0.132. The van der Waals surface area contributed by atoms with Crippen molar-refractivity contribution in [3.05, 3.63) is 71.3 Å². The molecule has 0 atom stereocenters. The number of hydrogen-bond donors (Lipinski definition) is 2. The average Bonchev–Trinajstić information content (AvgIpc) is 2.56. The van der Waals surface area contributed by atoms with Gasteiger partial charge in [0.05, 0.1) is 5.75 Å². The summed E-state index contributed by atoms with van der Waals surface area (Å²) in [4.78, 5) is 0. The van der Waals surface area contributed by atoms with Gasteiger partial charge in [-0.1, -0.05) is 66.7 Å². The first-order valence-electron chi connectivity index (χ1n) is 7.94. The van der Waals surface area contributed by atoms with Crippen molar-refractivity contribution in [2.45, 2.75) is 25.9 Å². The van der Waals surface area contributed by atoms with E-state index in [2.05, 4.69) is 5.16 Å². The highest BCUT2D eigenvalue weighted by Gasteiger charge is 2.37. The van der Waals surface area contributed by atoms with Crippen LogP contribution < -0.4 is 0 Å². The Hall–Kier alpha value is -2.39. The standard InChI is InChI=1S/C15H12F3NO.C3H8O3S/c16-15(17,18)14(19-20)13-8-6-12(7-9-13)10-11-4-2-1-3-5-11;1-2-3-7(4,5)6/h1-9,20H,10H2;2-3H2,1H3,(H,4,5,6). The monoisotopic (exact) mass is 403 g/mol. The third kappa shape index (κ3) is 8.69. The highest BCUT2D eigenvalue weighted by molar-refractivity contribution is 7.85. The number of rotatable bonds is 5. The van der Waals surface area contributed by atoms with E-state index in [1.54, 1.807) is 19.1 Å². The van der Waals surface area contributed by atoms with Gasteiger partial charge in [0.1, 0.15) is 0 Å². The van der Waals surface area contributed by atoms with Crippen LogP contribution in [0.3, 0.4) is 0 Å². The van der Waals surface area contributed by atoms with E-state index in [0.717, 1.165) is 11.1 Å². The van der Waals surface area contributed by atoms with Gasteiger partial charge in [-0.15, -0.1) is 0 Å². The molecule has 0 saturated carbocycles. The van der Waals surface area contributed by atoms with Crippen molar-refractivity contribution >= 4 is 15.8 Å². The van der Waals surface area contributed by atoms with Crippen LogP contribution in [0.1, 0.15) is 30.0 Å². The number of oxime groups is 1. The molecule has 0 heterocycles. The van der Waals surface area contributed by atoms with Gasteiger partial charge in [-0.05, 0) is 24.0 Å².